The van der Waals surface area contributed by atoms with E-state index in [1.807, 2.05) is 48.7 Å². The third-order valence-corrected chi connectivity index (χ3v) is 7.08. The van der Waals surface area contributed by atoms with Crippen molar-refractivity contribution in [3.8, 4) is 11.3 Å². The van der Waals surface area contributed by atoms with Crippen molar-refractivity contribution in [3.05, 3.63) is 68.5 Å². The molecular formula is C23H20BrN3O2S. The Hall–Kier alpha value is -2.51. The van der Waals surface area contributed by atoms with Gasteiger partial charge in [0.25, 0.3) is 5.91 Å². The van der Waals surface area contributed by atoms with Gasteiger partial charge in [-0.05, 0) is 55.7 Å². The number of nitrogens with zero attached hydrogens (tertiary/aromatic N) is 2. The Morgan fingerprint density at radius 1 is 1.27 bits per heavy atom. The zero-order valence-corrected chi connectivity index (χ0v) is 18.8. The summed E-state index contributed by atoms with van der Waals surface area (Å²) in [5, 5.41) is 5.95. The Kier molecular flexibility index (Phi) is 4.75. The maximum Gasteiger partial charge on any atom is 0.254 e. The van der Waals surface area contributed by atoms with E-state index in [0.29, 0.717) is 12.2 Å². The number of hydrogen-bond donors (Lipinski definition) is 1. The standard InChI is InChI=1S/C23H20BrN3O2S/c1-14-25-20(12-30-14)15-3-2-4-17(9-15)26-21(28)11-27-13-23(7-8-23)19-10-16(24)5-6-18(19)22(27)29/h2-6,9-10,12H,7-8,11,13H2,1H3,(H,26,28). The molecule has 0 saturated heterocycles. The minimum Gasteiger partial charge on any atom is -0.328 e. The minimum atomic E-state index is -0.189. The van der Waals surface area contributed by atoms with Crippen molar-refractivity contribution < 1.29 is 9.59 Å². The molecule has 5 rings (SSSR count). The van der Waals surface area contributed by atoms with E-state index in [4.69, 9.17) is 0 Å². The quantitative estimate of drug-likeness (QED) is 0.569. The number of rotatable bonds is 4. The number of halogens is 1. The molecule has 2 aliphatic rings. The predicted octanol–water partition coefficient (Wildman–Crippen LogP) is 5.01. The van der Waals surface area contributed by atoms with E-state index in [1.54, 1.807) is 16.2 Å². The fourth-order valence-corrected chi connectivity index (χ4v) is 5.15. The van der Waals surface area contributed by atoms with E-state index in [2.05, 4.69) is 32.3 Å². The van der Waals surface area contributed by atoms with Crippen LogP contribution in [0.4, 0.5) is 5.69 Å². The van der Waals surface area contributed by atoms with Gasteiger partial charge in [0.1, 0.15) is 6.54 Å². The summed E-state index contributed by atoms with van der Waals surface area (Å²) in [6.07, 6.45) is 2.11. The molecule has 1 fully saturated rings. The lowest BCUT2D eigenvalue weighted by molar-refractivity contribution is -0.117. The first-order valence-corrected chi connectivity index (χ1v) is 11.5. The molecule has 5 nitrogen and oxygen atoms in total. The first kappa shape index (κ1) is 19.5. The highest BCUT2D eigenvalue weighted by molar-refractivity contribution is 9.10. The molecule has 0 atom stereocenters. The van der Waals surface area contributed by atoms with Crippen LogP contribution in [0.15, 0.2) is 52.3 Å². The number of hydrogen-bond acceptors (Lipinski definition) is 4. The Bertz CT molecular complexity index is 1170. The summed E-state index contributed by atoms with van der Waals surface area (Å²) in [4.78, 5) is 31.9. The average molecular weight is 482 g/mol. The molecule has 1 saturated carbocycles. The monoisotopic (exact) mass is 481 g/mol. The van der Waals surface area contributed by atoms with Crippen LogP contribution in [-0.4, -0.2) is 34.8 Å². The van der Waals surface area contributed by atoms with Crippen molar-refractivity contribution in [3.63, 3.8) is 0 Å². The van der Waals surface area contributed by atoms with E-state index in [9.17, 15) is 9.59 Å². The number of amides is 2. The van der Waals surface area contributed by atoms with Gasteiger partial charge in [-0.1, -0.05) is 28.1 Å². The Labute approximate surface area is 187 Å². The number of carbonyl (C=O) groups is 2. The summed E-state index contributed by atoms with van der Waals surface area (Å²) in [5.41, 5.74) is 4.41. The molecule has 0 radical (unpaired) electrons. The van der Waals surface area contributed by atoms with Gasteiger partial charge in [-0.3, -0.25) is 9.59 Å². The second-order valence-corrected chi connectivity index (χ2v) is 9.99. The van der Waals surface area contributed by atoms with E-state index >= 15 is 0 Å². The molecule has 152 valence electrons. The molecule has 0 unspecified atom stereocenters. The summed E-state index contributed by atoms with van der Waals surface area (Å²) < 4.78 is 0.988. The van der Waals surface area contributed by atoms with Crippen LogP contribution in [0.5, 0.6) is 0 Å². The number of aromatic nitrogens is 1. The summed E-state index contributed by atoms with van der Waals surface area (Å²) in [5.74, 6) is -0.261. The van der Waals surface area contributed by atoms with E-state index in [-0.39, 0.29) is 23.8 Å². The summed E-state index contributed by atoms with van der Waals surface area (Å²) >= 11 is 5.11. The number of carbonyl (C=O) groups excluding carboxylic acids is 2. The summed E-state index contributed by atoms with van der Waals surface area (Å²) in [7, 11) is 0. The molecule has 2 amide bonds. The topological polar surface area (TPSA) is 62.3 Å². The fraction of sp³-hybridized carbons (Fsp3) is 0.261. The minimum absolute atomic E-state index is 0.00962. The molecule has 7 heteroatoms. The lowest BCUT2D eigenvalue weighted by atomic mass is 9.86. The van der Waals surface area contributed by atoms with Crippen LogP contribution in [-0.2, 0) is 10.2 Å². The molecule has 1 N–H and O–H groups in total. The SMILES string of the molecule is Cc1nc(-c2cccc(NC(=O)CN3CC4(CC4)c4cc(Br)ccc4C3=O)c2)cs1. The van der Waals surface area contributed by atoms with E-state index < -0.39 is 0 Å². The molecule has 0 bridgehead atoms. The van der Waals surface area contributed by atoms with E-state index in [1.165, 1.54) is 0 Å². The highest BCUT2D eigenvalue weighted by atomic mass is 79.9. The zero-order chi connectivity index (χ0) is 20.9. The molecule has 1 aliphatic heterocycles. The first-order valence-electron chi connectivity index (χ1n) is 9.85. The van der Waals surface area contributed by atoms with Crippen molar-refractivity contribution in [2.75, 3.05) is 18.4 Å². The van der Waals surface area contributed by atoms with Crippen LogP contribution in [0.3, 0.4) is 0 Å². The molecule has 2 aromatic carbocycles. The molecule has 1 aliphatic carbocycles. The third kappa shape index (κ3) is 3.56. The number of nitrogens with one attached hydrogen (secondary N) is 1. The van der Waals surface area contributed by atoms with Crippen molar-refractivity contribution >= 4 is 44.8 Å². The van der Waals surface area contributed by atoms with Gasteiger partial charge in [-0.25, -0.2) is 4.98 Å². The number of anilines is 1. The van der Waals surface area contributed by atoms with Gasteiger partial charge in [0.2, 0.25) is 5.91 Å². The van der Waals surface area contributed by atoms with Gasteiger partial charge in [0.15, 0.2) is 0 Å². The van der Waals surface area contributed by atoms with Crippen LogP contribution in [0.1, 0.15) is 33.8 Å². The molecule has 3 aromatic rings. The molecule has 30 heavy (non-hydrogen) atoms. The van der Waals surface area contributed by atoms with E-state index in [0.717, 1.165) is 44.7 Å². The van der Waals surface area contributed by atoms with Crippen LogP contribution in [0.25, 0.3) is 11.3 Å². The lowest BCUT2D eigenvalue weighted by Gasteiger charge is -2.34. The van der Waals surface area contributed by atoms with Gasteiger partial charge in [-0.15, -0.1) is 11.3 Å². The normalized spacial score (nSPS) is 16.5. The van der Waals surface area contributed by atoms with Crippen molar-refractivity contribution in [2.45, 2.75) is 25.2 Å². The highest BCUT2D eigenvalue weighted by Gasteiger charge is 2.51. The number of aryl methyl sites for hydroxylation is 1. The van der Waals surface area contributed by atoms with Gasteiger partial charge in [0.05, 0.1) is 10.7 Å². The second kappa shape index (κ2) is 7.32. The molecule has 1 aromatic heterocycles. The zero-order valence-electron chi connectivity index (χ0n) is 16.4. The second-order valence-electron chi connectivity index (χ2n) is 8.01. The average Bonchev–Trinajstić information content (AvgIpc) is 3.36. The highest BCUT2D eigenvalue weighted by Crippen LogP contribution is 2.52. The number of fused-ring (bicyclic) bond motifs is 2. The molecule has 2 heterocycles. The Morgan fingerprint density at radius 3 is 2.83 bits per heavy atom. The van der Waals surface area contributed by atoms with Gasteiger partial charge in [-0.2, -0.15) is 0 Å². The maximum absolute atomic E-state index is 13.0. The smallest absolute Gasteiger partial charge is 0.254 e. The first-order chi connectivity index (χ1) is 14.4. The van der Waals surface area contributed by atoms with Crippen LogP contribution < -0.4 is 5.32 Å². The van der Waals surface area contributed by atoms with Crippen LogP contribution >= 0.6 is 27.3 Å². The van der Waals surface area contributed by atoms with Crippen LogP contribution in [0.2, 0.25) is 0 Å². The Morgan fingerprint density at radius 2 is 2.10 bits per heavy atom. The number of benzene rings is 2. The van der Waals surface area contributed by atoms with Crippen LogP contribution in [0, 0.1) is 6.92 Å². The third-order valence-electron chi connectivity index (χ3n) is 5.81. The molecular weight excluding hydrogens is 462 g/mol. The largest absolute Gasteiger partial charge is 0.328 e. The van der Waals surface area contributed by atoms with Crippen molar-refractivity contribution in [1.82, 2.24) is 9.88 Å². The van der Waals surface area contributed by atoms with Crippen molar-refractivity contribution in [1.29, 1.82) is 0 Å². The molecule has 1 spiro atoms. The lowest BCUT2D eigenvalue weighted by Crippen LogP contribution is -2.46. The number of thiazole rings is 1. The van der Waals surface area contributed by atoms with Crippen molar-refractivity contribution in [2.24, 2.45) is 0 Å². The van der Waals surface area contributed by atoms with Gasteiger partial charge < -0.3 is 10.2 Å². The Balaban J connectivity index is 1.32. The maximum atomic E-state index is 13.0. The van der Waals surface area contributed by atoms with Gasteiger partial charge in [0, 0.05) is 38.6 Å². The summed E-state index contributed by atoms with van der Waals surface area (Å²) in [6.45, 7) is 2.62. The summed E-state index contributed by atoms with van der Waals surface area (Å²) in [6, 6.07) is 13.5. The fourth-order valence-electron chi connectivity index (χ4n) is 4.17. The van der Waals surface area contributed by atoms with Gasteiger partial charge >= 0.3 is 0 Å². The predicted molar refractivity (Wildman–Crippen MR) is 122 cm³/mol.